The first kappa shape index (κ1) is 30.3. The molecule has 0 saturated carbocycles. The maximum absolute atomic E-state index is 11.3. The predicted octanol–water partition coefficient (Wildman–Crippen LogP) is -1.98. The fourth-order valence-corrected chi connectivity index (χ4v) is 8.14. The Balaban J connectivity index is 1.20. The van der Waals surface area contributed by atoms with Crippen molar-refractivity contribution in [1.82, 2.24) is 34.5 Å². The number of hydrogen-bond donors (Lipinski definition) is 7. The molecule has 9 N–H and O–H groups in total. The minimum Gasteiger partial charge on any atom is -0.387 e. The summed E-state index contributed by atoms with van der Waals surface area (Å²) in [5, 5.41) is 22.4. The number of nitrogens with one attached hydrogen (secondary N) is 1. The van der Waals surface area contributed by atoms with Crippen molar-refractivity contribution in [3.05, 3.63) is 25.3 Å². The van der Waals surface area contributed by atoms with Crippen LogP contribution in [0.2, 0.25) is 0 Å². The van der Waals surface area contributed by atoms with Gasteiger partial charge in [0.2, 0.25) is 11.7 Å². The topological polar surface area (TPSA) is 277 Å². The number of fused-ring (bicyclic) bond motifs is 5. The minimum absolute atomic E-state index is 0.111. The number of nitrogen functional groups attached to an aromatic ring is 2. The van der Waals surface area contributed by atoms with E-state index in [0.717, 1.165) is 0 Å². The molecule has 44 heavy (non-hydrogen) atoms. The van der Waals surface area contributed by atoms with Crippen LogP contribution in [-0.2, 0) is 51.2 Å². The molecule has 0 spiro atoms. The molecule has 3 aliphatic heterocycles. The molecule has 3 fully saturated rings. The number of aliphatic hydroxyl groups excluding tert-OH is 2. The lowest BCUT2D eigenvalue weighted by atomic mass is 10.1. The molecule has 236 valence electrons. The van der Waals surface area contributed by atoms with E-state index in [4.69, 9.17) is 62.6 Å². The highest BCUT2D eigenvalue weighted by Gasteiger charge is 2.53. The third-order valence-electron chi connectivity index (χ3n) is 7.32. The van der Waals surface area contributed by atoms with Crippen LogP contribution in [0.4, 0.5) is 11.6 Å². The normalized spacial score (nSPS) is 38.3. The number of H-pyrrole nitrogens is 1. The number of rotatable bonds is 2. The van der Waals surface area contributed by atoms with E-state index in [-0.39, 0.29) is 22.8 Å². The van der Waals surface area contributed by atoms with Crippen molar-refractivity contribution in [1.29, 1.82) is 0 Å². The average molecular weight is 692 g/mol. The molecule has 10 unspecified atom stereocenters. The Bertz CT molecular complexity index is 1830. The monoisotopic (exact) mass is 691 g/mol. The molecule has 3 saturated heterocycles. The van der Waals surface area contributed by atoms with Gasteiger partial charge in [-0.1, -0.05) is 4.98 Å². The van der Waals surface area contributed by atoms with Crippen LogP contribution >= 0.6 is 13.4 Å². The molecular formula is C20H25N10O10P2S2+. The van der Waals surface area contributed by atoms with Gasteiger partial charge >= 0.3 is 19.1 Å². The van der Waals surface area contributed by atoms with Crippen LogP contribution in [-0.4, -0.2) is 104 Å². The maximum atomic E-state index is 11.3. The third-order valence-corrected chi connectivity index (χ3v) is 10.4. The van der Waals surface area contributed by atoms with Gasteiger partial charge in [-0.2, -0.15) is 4.98 Å². The molecule has 3 aliphatic rings. The zero-order chi connectivity index (χ0) is 31.0. The summed E-state index contributed by atoms with van der Waals surface area (Å²) >= 11 is 10.5. The Morgan fingerprint density at radius 2 is 1.57 bits per heavy atom. The molecule has 0 radical (unpaired) electrons. The highest BCUT2D eigenvalue weighted by Crippen LogP contribution is 2.53. The van der Waals surface area contributed by atoms with E-state index in [0.29, 0.717) is 11.2 Å². The molecule has 10 atom stereocenters. The zero-order valence-corrected chi connectivity index (χ0v) is 25.5. The van der Waals surface area contributed by atoms with E-state index < -0.39 is 75.7 Å². The lowest BCUT2D eigenvalue weighted by Crippen LogP contribution is -2.46. The molecule has 20 nitrogen and oxygen atoms in total. The molecule has 0 aliphatic carbocycles. The number of nitrogens with zero attached hydrogens (tertiary/aromatic N) is 7. The van der Waals surface area contributed by atoms with Gasteiger partial charge in [0.25, 0.3) is 0 Å². The number of ether oxygens (including phenoxy) is 2. The fraction of sp³-hybridized carbons (Fsp3) is 0.500. The summed E-state index contributed by atoms with van der Waals surface area (Å²) in [6, 6.07) is 0. The molecule has 4 aromatic rings. The fourth-order valence-electron chi connectivity index (χ4n) is 5.28. The number of aromatic amines is 1. The van der Waals surface area contributed by atoms with Gasteiger partial charge in [0.15, 0.2) is 42.3 Å². The SMILES string of the molecule is Nc1ncnc2c1ncn2C1OC2COP(O)(=S)OC3C(O)C(COP(O)(=S)OC2C1O)OC3[n+]1c[nH]c2c(N)ncnc21. The second-order valence-electron chi connectivity index (χ2n) is 10.0. The number of nitrogens with two attached hydrogens (primary N) is 2. The van der Waals surface area contributed by atoms with Crippen molar-refractivity contribution in [3.63, 3.8) is 0 Å². The van der Waals surface area contributed by atoms with Gasteiger partial charge < -0.3 is 50.0 Å². The second-order valence-corrected chi connectivity index (χ2v) is 15.6. The van der Waals surface area contributed by atoms with Crippen molar-refractivity contribution >= 4 is 71.0 Å². The van der Waals surface area contributed by atoms with Crippen molar-refractivity contribution in [3.8, 4) is 0 Å². The van der Waals surface area contributed by atoms with Crippen molar-refractivity contribution < 1.29 is 52.1 Å². The Hall–Kier alpha value is -2.40. The van der Waals surface area contributed by atoms with E-state index in [2.05, 4.69) is 29.9 Å². The van der Waals surface area contributed by atoms with Gasteiger partial charge in [-0.05, 0) is 23.6 Å². The first-order chi connectivity index (χ1) is 20.9. The summed E-state index contributed by atoms with van der Waals surface area (Å²) in [6.45, 7) is -9.25. The van der Waals surface area contributed by atoms with Crippen LogP contribution in [0.15, 0.2) is 25.3 Å². The number of anilines is 2. The number of hydrogen-bond acceptors (Lipinski definition) is 17. The summed E-state index contributed by atoms with van der Waals surface area (Å²) in [6.07, 6.45) is -4.97. The first-order valence-electron chi connectivity index (χ1n) is 12.8. The van der Waals surface area contributed by atoms with E-state index in [9.17, 15) is 20.0 Å². The van der Waals surface area contributed by atoms with Crippen molar-refractivity contribution in [2.75, 3.05) is 24.7 Å². The molecule has 7 heterocycles. The summed E-state index contributed by atoms with van der Waals surface area (Å²) in [5.41, 5.74) is 13.0. The highest BCUT2D eigenvalue weighted by molar-refractivity contribution is 8.07. The summed E-state index contributed by atoms with van der Waals surface area (Å²) in [7, 11) is 0. The summed E-state index contributed by atoms with van der Waals surface area (Å²) < 4.78 is 37.6. The number of imidazole rings is 2. The van der Waals surface area contributed by atoms with E-state index in [1.54, 1.807) is 0 Å². The first-order valence-corrected chi connectivity index (χ1v) is 18.0. The third kappa shape index (κ3) is 5.29. The van der Waals surface area contributed by atoms with Crippen molar-refractivity contribution in [2.45, 2.75) is 49.1 Å². The number of aromatic nitrogens is 8. The van der Waals surface area contributed by atoms with E-state index in [1.807, 2.05) is 0 Å². The quantitative estimate of drug-likeness (QED) is 0.0885. The smallest absolute Gasteiger partial charge is 0.325 e. The van der Waals surface area contributed by atoms with E-state index >= 15 is 0 Å². The summed E-state index contributed by atoms with van der Waals surface area (Å²) in [5.74, 6) is 0.270. The Morgan fingerprint density at radius 1 is 0.886 bits per heavy atom. The molecule has 2 bridgehead atoms. The second kappa shape index (κ2) is 11.1. The molecule has 0 amide bonds. The summed E-state index contributed by atoms with van der Waals surface area (Å²) in [4.78, 5) is 45.4. The van der Waals surface area contributed by atoms with Gasteiger partial charge in [0, 0.05) is 0 Å². The minimum atomic E-state index is -4.15. The van der Waals surface area contributed by atoms with Gasteiger partial charge in [-0.25, -0.2) is 19.5 Å². The molecule has 24 heteroatoms. The predicted molar refractivity (Wildman–Crippen MR) is 153 cm³/mol. The molecule has 7 rings (SSSR count). The Kier molecular flexibility index (Phi) is 7.66. The standard InChI is InChI=1S/C20H24N10O10P2S2/c21-15-9-17(25-3-23-15)29(5-27-9)19-12(32)13-8(38-19)2-36-42(34,44)40-14-11(31)7(1-35-41(33,43)39-13)37-20(14)30-6-28-10-16(22)24-4-26-18(10)30/h3-8,11-14,19-20,31-32H,1-2H2,(H6,21,22,23,24,25,26,33,34,43,44)/p+1. The zero-order valence-electron chi connectivity index (χ0n) is 22.1. The Labute approximate surface area is 256 Å². The van der Waals surface area contributed by atoms with Crippen LogP contribution in [0.1, 0.15) is 12.5 Å². The molecule has 4 aromatic heterocycles. The molecular weight excluding hydrogens is 666 g/mol. The van der Waals surface area contributed by atoms with Gasteiger partial charge in [0.1, 0.15) is 42.4 Å². The largest absolute Gasteiger partial charge is 0.387 e. The molecule has 0 aromatic carbocycles. The van der Waals surface area contributed by atoms with Crippen LogP contribution < -0.4 is 16.0 Å². The van der Waals surface area contributed by atoms with E-state index in [1.165, 1.54) is 34.4 Å². The van der Waals surface area contributed by atoms with Crippen LogP contribution in [0.3, 0.4) is 0 Å². The lowest BCUT2D eigenvalue weighted by molar-refractivity contribution is -0.744. The Morgan fingerprint density at radius 3 is 2.34 bits per heavy atom. The average Bonchev–Trinajstić information content (AvgIpc) is 3.73. The number of aliphatic hydroxyl groups is 2. The van der Waals surface area contributed by atoms with Crippen molar-refractivity contribution in [2.24, 2.45) is 0 Å². The van der Waals surface area contributed by atoms with Crippen LogP contribution in [0.5, 0.6) is 0 Å². The van der Waals surface area contributed by atoms with Gasteiger partial charge in [0.05, 0.1) is 19.5 Å². The van der Waals surface area contributed by atoms with Gasteiger partial charge in [-0.15, -0.1) is 0 Å². The lowest BCUT2D eigenvalue weighted by Gasteiger charge is -2.27. The maximum Gasteiger partial charge on any atom is 0.325 e. The van der Waals surface area contributed by atoms with Crippen LogP contribution in [0, 0.1) is 0 Å². The van der Waals surface area contributed by atoms with Crippen LogP contribution in [0.25, 0.3) is 22.3 Å². The van der Waals surface area contributed by atoms with Gasteiger partial charge in [-0.3, -0.25) is 18.6 Å². The highest BCUT2D eigenvalue weighted by atomic mass is 32.5.